The number of aromatic nitrogens is 1. The van der Waals surface area contributed by atoms with Gasteiger partial charge in [-0.15, -0.1) is 0 Å². The Morgan fingerprint density at radius 3 is 2.17 bits per heavy atom. The number of benzene rings is 1. The summed E-state index contributed by atoms with van der Waals surface area (Å²) in [6, 6.07) is 7.66. The first-order chi connectivity index (χ1) is 14.4. The van der Waals surface area contributed by atoms with Crippen molar-refractivity contribution in [3.05, 3.63) is 64.4 Å². The Hall–Kier alpha value is -3.42. The van der Waals surface area contributed by atoms with E-state index in [2.05, 4.69) is 10.5 Å². The molecule has 8 heteroatoms. The zero-order chi connectivity index (χ0) is 21.8. The molecule has 1 aliphatic rings. The van der Waals surface area contributed by atoms with Gasteiger partial charge in [0.05, 0.1) is 30.3 Å². The van der Waals surface area contributed by atoms with Gasteiger partial charge in [-0.1, -0.05) is 17.3 Å². The number of halogens is 1. The monoisotopic (exact) mass is 414 g/mol. The van der Waals surface area contributed by atoms with E-state index in [1.54, 1.807) is 45.9 Å². The highest BCUT2D eigenvalue weighted by Gasteiger charge is 2.40. The number of hydrogen-bond acceptors (Lipinski definition) is 7. The van der Waals surface area contributed by atoms with Gasteiger partial charge in [0.25, 0.3) is 0 Å². The van der Waals surface area contributed by atoms with E-state index in [4.69, 9.17) is 14.0 Å². The SMILES string of the molecule is CCOC(=O)C1=C(C)NC(C)=C(C(=O)OCC)C1c1cc(-c2ccccc2F)no1. The second-order valence-electron chi connectivity index (χ2n) is 6.67. The standard InChI is InChI=1S/C22H23FN2O5/c1-5-28-21(26)18-12(3)24-13(4)19(22(27)29-6-2)20(18)17-11-16(25-30-17)14-9-7-8-10-15(14)23/h7-11,20,24H,5-6H2,1-4H3. The molecule has 0 saturated carbocycles. The number of nitrogens with zero attached hydrogens (tertiary/aromatic N) is 1. The van der Waals surface area contributed by atoms with Crippen LogP contribution < -0.4 is 5.32 Å². The first-order valence-electron chi connectivity index (χ1n) is 9.63. The molecule has 30 heavy (non-hydrogen) atoms. The zero-order valence-corrected chi connectivity index (χ0v) is 17.2. The molecule has 0 bridgehead atoms. The lowest BCUT2D eigenvalue weighted by Crippen LogP contribution is -2.32. The topological polar surface area (TPSA) is 90.7 Å². The zero-order valence-electron chi connectivity index (χ0n) is 17.2. The molecule has 3 rings (SSSR count). The summed E-state index contributed by atoms with van der Waals surface area (Å²) >= 11 is 0. The third kappa shape index (κ3) is 3.98. The van der Waals surface area contributed by atoms with Gasteiger partial charge in [-0.2, -0.15) is 0 Å². The number of rotatable bonds is 6. The maximum atomic E-state index is 14.2. The predicted octanol–water partition coefficient (Wildman–Crippen LogP) is 3.84. The van der Waals surface area contributed by atoms with E-state index in [9.17, 15) is 14.0 Å². The minimum atomic E-state index is -0.905. The molecule has 0 amide bonds. The molecule has 0 saturated heterocycles. The Balaban J connectivity index is 2.14. The summed E-state index contributed by atoms with van der Waals surface area (Å²) in [7, 11) is 0. The lowest BCUT2D eigenvalue weighted by atomic mass is 9.83. The van der Waals surface area contributed by atoms with Crippen LogP contribution in [0.4, 0.5) is 4.39 Å². The molecule has 0 atom stereocenters. The quantitative estimate of drug-likeness (QED) is 0.718. The summed E-state index contributed by atoms with van der Waals surface area (Å²) in [6.45, 7) is 7.12. The summed E-state index contributed by atoms with van der Waals surface area (Å²) < 4.78 is 30.1. The molecule has 158 valence electrons. The van der Waals surface area contributed by atoms with Crippen LogP contribution in [-0.2, 0) is 19.1 Å². The minimum Gasteiger partial charge on any atom is -0.463 e. The van der Waals surface area contributed by atoms with E-state index in [0.717, 1.165) is 0 Å². The van der Waals surface area contributed by atoms with E-state index >= 15 is 0 Å². The Kier molecular flexibility index (Phi) is 6.34. The van der Waals surface area contributed by atoms with E-state index in [1.165, 1.54) is 12.1 Å². The molecular weight excluding hydrogens is 391 g/mol. The molecule has 1 aromatic carbocycles. The fourth-order valence-electron chi connectivity index (χ4n) is 3.46. The van der Waals surface area contributed by atoms with Crippen molar-refractivity contribution in [1.82, 2.24) is 10.5 Å². The van der Waals surface area contributed by atoms with Crippen LogP contribution in [0.15, 0.2) is 57.4 Å². The molecule has 0 fully saturated rings. The molecule has 0 spiro atoms. The van der Waals surface area contributed by atoms with Crippen LogP contribution in [0, 0.1) is 5.82 Å². The van der Waals surface area contributed by atoms with Gasteiger partial charge in [0.1, 0.15) is 17.3 Å². The van der Waals surface area contributed by atoms with Gasteiger partial charge < -0.3 is 19.3 Å². The summed E-state index contributed by atoms with van der Waals surface area (Å²) in [6.07, 6.45) is 0. The molecule has 7 nitrogen and oxygen atoms in total. The third-order valence-electron chi connectivity index (χ3n) is 4.71. The number of dihydropyridines is 1. The maximum Gasteiger partial charge on any atom is 0.336 e. The van der Waals surface area contributed by atoms with Crippen LogP contribution in [0.25, 0.3) is 11.3 Å². The number of nitrogens with one attached hydrogen (secondary N) is 1. The Morgan fingerprint density at radius 1 is 1.07 bits per heavy atom. The smallest absolute Gasteiger partial charge is 0.336 e. The number of carbonyl (C=O) groups is 2. The second-order valence-corrected chi connectivity index (χ2v) is 6.67. The molecular formula is C22H23FN2O5. The van der Waals surface area contributed by atoms with E-state index in [1.807, 2.05) is 0 Å². The second kappa shape index (κ2) is 8.94. The van der Waals surface area contributed by atoms with Crippen LogP contribution in [0.3, 0.4) is 0 Å². The fraction of sp³-hybridized carbons (Fsp3) is 0.318. The summed E-state index contributed by atoms with van der Waals surface area (Å²) in [5.74, 6) is -2.34. The first-order valence-corrected chi connectivity index (χ1v) is 9.63. The van der Waals surface area contributed by atoms with Crippen molar-refractivity contribution >= 4 is 11.9 Å². The van der Waals surface area contributed by atoms with Crippen molar-refractivity contribution in [2.24, 2.45) is 0 Å². The summed E-state index contributed by atoms with van der Waals surface area (Å²) in [5.41, 5.74) is 1.96. The molecule has 1 aliphatic heterocycles. The van der Waals surface area contributed by atoms with Gasteiger partial charge in [0, 0.05) is 23.0 Å². The maximum absolute atomic E-state index is 14.2. The molecule has 1 N–H and O–H groups in total. The Labute approximate surface area is 173 Å². The Morgan fingerprint density at radius 2 is 1.63 bits per heavy atom. The van der Waals surface area contributed by atoms with E-state index in [0.29, 0.717) is 11.4 Å². The van der Waals surface area contributed by atoms with E-state index < -0.39 is 23.7 Å². The highest BCUT2D eigenvalue weighted by atomic mass is 19.1. The van der Waals surface area contributed by atoms with Gasteiger partial charge in [0.15, 0.2) is 0 Å². The normalized spacial score (nSPS) is 14.6. The fourth-order valence-corrected chi connectivity index (χ4v) is 3.46. The number of ether oxygens (including phenoxy) is 2. The van der Waals surface area contributed by atoms with Gasteiger partial charge in [0.2, 0.25) is 0 Å². The first kappa shape index (κ1) is 21.3. The highest BCUT2D eigenvalue weighted by molar-refractivity contribution is 5.99. The largest absolute Gasteiger partial charge is 0.463 e. The molecule has 0 aliphatic carbocycles. The van der Waals surface area contributed by atoms with Gasteiger partial charge >= 0.3 is 11.9 Å². The van der Waals surface area contributed by atoms with Crippen LogP contribution in [0.1, 0.15) is 39.4 Å². The number of esters is 2. The average molecular weight is 414 g/mol. The third-order valence-corrected chi connectivity index (χ3v) is 4.71. The van der Waals surface area contributed by atoms with E-state index in [-0.39, 0.29) is 41.4 Å². The minimum absolute atomic E-state index is 0.163. The van der Waals surface area contributed by atoms with Crippen molar-refractivity contribution in [2.45, 2.75) is 33.6 Å². The predicted molar refractivity (Wildman–Crippen MR) is 106 cm³/mol. The lowest BCUT2D eigenvalue weighted by molar-refractivity contribution is -0.139. The molecule has 0 radical (unpaired) electrons. The van der Waals surface area contributed by atoms with Crippen molar-refractivity contribution < 1.29 is 28.0 Å². The number of allylic oxidation sites excluding steroid dienone is 2. The van der Waals surface area contributed by atoms with Crippen LogP contribution in [0.2, 0.25) is 0 Å². The number of hydrogen-bond donors (Lipinski definition) is 1. The molecule has 1 aromatic heterocycles. The number of carbonyl (C=O) groups excluding carboxylic acids is 2. The van der Waals surface area contributed by atoms with Gasteiger partial charge in [-0.05, 0) is 39.8 Å². The van der Waals surface area contributed by atoms with Crippen LogP contribution >= 0.6 is 0 Å². The lowest BCUT2D eigenvalue weighted by Gasteiger charge is -2.28. The van der Waals surface area contributed by atoms with Gasteiger partial charge in [-0.25, -0.2) is 14.0 Å². The Bertz CT molecular complexity index is 998. The van der Waals surface area contributed by atoms with Crippen LogP contribution in [0.5, 0.6) is 0 Å². The van der Waals surface area contributed by atoms with Gasteiger partial charge in [-0.3, -0.25) is 0 Å². The molecule has 2 aromatic rings. The van der Waals surface area contributed by atoms with Crippen molar-refractivity contribution in [3.8, 4) is 11.3 Å². The molecule has 0 unspecified atom stereocenters. The summed E-state index contributed by atoms with van der Waals surface area (Å²) in [4.78, 5) is 25.5. The summed E-state index contributed by atoms with van der Waals surface area (Å²) in [5, 5.41) is 7.01. The average Bonchev–Trinajstić information content (AvgIpc) is 3.17. The highest BCUT2D eigenvalue weighted by Crippen LogP contribution is 2.40. The van der Waals surface area contributed by atoms with Crippen LogP contribution in [-0.4, -0.2) is 30.3 Å². The van der Waals surface area contributed by atoms with Crippen molar-refractivity contribution in [1.29, 1.82) is 0 Å². The van der Waals surface area contributed by atoms with Crippen molar-refractivity contribution in [3.63, 3.8) is 0 Å². The van der Waals surface area contributed by atoms with Crippen molar-refractivity contribution in [2.75, 3.05) is 13.2 Å². The molecule has 2 heterocycles.